The highest BCUT2D eigenvalue weighted by Gasteiger charge is 2.21. The van der Waals surface area contributed by atoms with E-state index in [2.05, 4.69) is 4.98 Å². The van der Waals surface area contributed by atoms with Crippen LogP contribution >= 0.6 is 0 Å². The zero-order chi connectivity index (χ0) is 19.3. The van der Waals surface area contributed by atoms with E-state index >= 15 is 0 Å². The molecule has 0 unspecified atom stereocenters. The van der Waals surface area contributed by atoms with Gasteiger partial charge < -0.3 is 9.47 Å². The van der Waals surface area contributed by atoms with E-state index in [0.717, 1.165) is 11.1 Å². The van der Waals surface area contributed by atoms with Crippen LogP contribution in [0.25, 0.3) is 11.1 Å². The molecule has 0 aliphatic rings. The van der Waals surface area contributed by atoms with Crippen LogP contribution in [0.15, 0.2) is 42.6 Å². The first-order chi connectivity index (χ1) is 12.2. The van der Waals surface area contributed by atoms with E-state index in [-0.39, 0.29) is 5.97 Å². The number of benzene rings is 1. The Balaban J connectivity index is 2.11. The molecule has 0 spiro atoms. The van der Waals surface area contributed by atoms with Crippen LogP contribution in [-0.2, 0) is 9.47 Å². The second-order valence-corrected chi connectivity index (χ2v) is 6.74. The molecule has 1 aromatic heterocycles. The summed E-state index contributed by atoms with van der Waals surface area (Å²) in [7, 11) is 1.62. The van der Waals surface area contributed by atoms with E-state index in [4.69, 9.17) is 9.47 Å². The van der Waals surface area contributed by atoms with E-state index in [1.54, 1.807) is 38.4 Å². The normalized spacial score (nSPS) is 11.0. The summed E-state index contributed by atoms with van der Waals surface area (Å²) in [4.78, 5) is 29.5. The van der Waals surface area contributed by atoms with Crippen molar-refractivity contribution in [2.24, 2.45) is 0 Å². The Kier molecular flexibility index (Phi) is 5.97. The number of aromatic nitrogens is 1. The summed E-state index contributed by atoms with van der Waals surface area (Å²) >= 11 is 0. The number of ether oxygens (including phenoxy) is 2. The van der Waals surface area contributed by atoms with Gasteiger partial charge in [0.2, 0.25) is 0 Å². The predicted octanol–water partition coefficient (Wildman–Crippen LogP) is 4.30. The number of hydrogen-bond acceptors (Lipinski definition) is 5. The number of hydrogen-bond donors (Lipinski definition) is 0. The molecule has 0 radical (unpaired) electrons. The van der Waals surface area contributed by atoms with Crippen LogP contribution in [0.4, 0.5) is 10.6 Å². The molecule has 0 aliphatic carbocycles. The molecule has 26 heavy (non-hydrogen) atoms. The quantitative estimate of drug-likeness (QED) is 0.764. The van der Waals surface area contributed by atoms with Gasteiger partial charge in [0.05, 0.1) is 12.2 Å². The number of carbonyl (C=O) groups is 2. The fraction of sp³-hybridized carbons (Fsp3) is 0.350. The molecule has 6 nitrogen and oxygen atoms in total. The summed E-state index contributed by atoms with van der Waals surface area (Å²) in [6.45, 7) is 7.56. The van der Waals surface area contributed by atoms with Gasteiger partial charge in [0.25, 0.3) is 0 Å². The molecule has 0 atom stereocenters. The average molecular weight is 356 g/mol. The van der Waals surface area contributed by atoms with Gasteiger partial charge in [-0.2, -0.15) is 0 Å². The first kappa shape index (κ1) is 19.4. The molecule has 6 heteroatoms. The monoisotopic (exact) mass is 356 g/mol. The third-order valence-electron chi connectivity index (χ3n) is 3.49. The molecule has 138 valence electrons. The molecule has 0 N–H and O–H groups in total. The van der Waals surface area contributed by atoms with Gasteiger partial charge in [-0.05, 0) is 57.5 Å². The lowest BCUT2D eigenvalue weighted by atomic mass is 10.1. The van der Waals surface area contributed by atoms with E-state index in [1.807, 2.05) is 39.0 Å². The van der Waals surface area contributed by atoms with Crippen molar-refractivity contribution in [2.75, 3.05) is 18.6 Å². The van der Waals surface area contributed by atoms with Gasteiger partial charge in [0, 0.05) is 18.8 Å². The maximum absolute atomic E-state index is 12.1. The Bertz CT molecular complexity index is 762. The Morgan fingerprint density at radius 3 is 2.15 bits per heavy atom. The minimum Gasteiger partial charge on any atom is -0.462 e. The first-order valence-corrected chi connectivity index (χ1v) is 8.41. The molecule has 0 saturated heterocycles. The maximum atomic E-state index is 12.1. The molecule has 2 aromatic rings. The molecule has 1 amide bonds. The number of rotatable bonds is 4. The Morgan fingerprint density at radius 1 is 1.04 bits per heavy atom. The molecular weight excluding hydrogens is 332 g/mol. The standard InChI is InChI=1S/C20H24N2O4/c1-6-25-18(23)15-9-7-14(8-10-15)16-11-12-17(21-13-16)22(5)19(24)26-20(2,3)4/h7-13H,6H2,1-5H3. The first-order valence-electron chi connectivity index (χ1n) is 8.41. The number of nitrogens with zero attached hydrogens (tertiary/aromatic N) is 2. The largest absolute Gasteiger partial charge is 0.462 e. The fourth-order valence-electron chi connectivity index (χ4n) is 2.19. The van der Waals surface area contributed by atoms with E-state index in [9.17, 15) is 9.59 Å². The number of amides is 1. The lowest BCUT2D eigenvalue weighted by Crippen LogP contribution is -2.34. The third kappa shape index (κ3) is 5.05. The summed E-state index contributed by atoms with van der Waals surface area (Å²) < 4.78 is 10.3. The van der Waals surface area contributed by atoms with Crippen LogP contribution in [-0.4, -0.2) is 36.3 Å². The molecule has 0 saturated carbocycles. The molecule has 0 aliphatic heterocycles. The highest BCUT2D eigenvalue weighted by molar-refractivity contribution is 5.90. The fourth-order valence-corrected chi connectivity index (χ4v) is 2.19. The van der Waals surface area contributed by atoms with Gasteiger partial charge in [-0.25, -0.2) is 14.6 Å². The van der Waals surface area contributed by atoms with Gasteiger partial charge >= 0.3 is 12.1 Å². The minimum absolute atomic E-state index is 0.341. The minimum atomic E-state index is -0.564. The second-order valence-electron chi connectivity index (χ2n) is 6.74. The van der Waals surface area contributed by atoms with Crippen molar-refractivity contribution in [3.05, 3.63) is 48.2 Å². The topological polar surface area (TPSA) is 68.7 Å². The lowest BCUT2D eigenvalue weighted by molar-refractivity contribution is 0.0524. The van der Waals surface area contributed by atoms with Gasteiger partial charge in [-0.15, -0.1) is 0 Å². The summed E-state index contributed by atoms with van der Waals surface area (Å²) in [5.41, 5.74) is 1.73. The van der Waals surface area contributed by atoms with Gasteiger partial charge in [0.15, 0.2) is 0 Å². The number of pyridine rings is 1. The van der Waals surface area contributed by atoms with Crippen molar-refractivity contribution in [3.63, 3.8) is 0 Å². The average Bonchev–Trinajstić information content (AvgIpc) is 2.60. The van der Waals surface area contributed by atoms with Gasteiger partial charge in [0.1, 0.15) is 11.4 Å². The van der Waals surface area contributed by atoms with E-state index < -0.39 is 11.7 Å². The zero-order valence-corrected chi connectivity index (χ0v) is 15.8. The van der Waals surface area contributed by atoms with Gasteiger partial charge in [-0.1, -0.05) is 12.1 Å². The van der Waals surface area contributed by atoms with Crippen LogP contribution in [0, 0.1) is 0 Å². The van der Waals surface area contributed by atoms with Crippen molar-refractivity contribution in [2.45, 2.75) is 33.3 Å². The second kappa shape index (κ2) is 7.99. The van der Waals surface area contributed by atoms with Crippen molar-refractivity contribution >= 4 is 17.9 Å². The Hall–Kier alpha value is -2.89. The highest BCUT2D eigenvalue weighted by atomic mass is 16.6. The van der Waals surface area contributed by atoms with Crippen LogP contribution in [0.2, 0.25) is 0 Å². The number of esters is 1. The van der Waals surface area contributed by atoms with Crippen molar-refractivity contribution in [1.82, 2.24) is 4.98 Å². The molecule has 0 fully saturated rings. The molecular formula is C20H24N2O4. The Morgan fingerprint density at radius 2 is 1.65 bits per heavy atom. The summed E-state index contributed by atoms with van der Waals surface area (Å²) in [6.07, 6.45) is 1.21. The Labute approximate surface area is 153 Å². The molecule has 0 bridgehead atoms. The van der Waals surface area contributed by atoms with Crippen LogP contribution < -0.4 is 4.90 Å². The molecule has 1 heterocycles. The van der Waals surface area contributed by atoms with Crippen LogP contribution in [0.3, 0.4) is 0 Å². The lowest BCUT2D eigenvalue weighted by Gasteiger charge is -2.24. The third-order valence-corrected chi connectivity index (χ3v) is 3.49. The summed E-state index contributed by atoms with van der Waals surface area (Å²) in [5.74, 6) is 0.151. The SMILES string of the molecule is CCOC(=O)c1ccc(-c2ccc(N(C)C(=O)OC(C)(C)C)nc2)cc1. The highest BCUT2D eigenvalue weighted by Crippen LogP contribution is 2.22. The summed E-state index contributed by atoms with van der Waals surface area (Å²) in [5, 5.41) is 0. The van der Waals surface area contributed by atoms with Crippen molar-refractivity contribution in [3.8, 4) is 11.1 Å². The van der Waals surface area contributed by atoms with Crippen molar-refractivity contribution in [1.29, 1.82) is 0 Å². The number of carbonyl (C=O) groups excluding carboxylic acids is 2. The van der Waals surface area contributed by atoms with Crippen LogP contribution in [0.5, 0.6) is 0 Å². The van der Waals surface area contributed by atoms with Gasteiger partial charge in [-0.3, -0.25) is 4.90 Å². The predicted molar refractivity (Wildman–Crippen MR) is 100 cm³/mol. The molecule has 1 aromatic carbocycles. The van der Waals surface area contributed by atoms with E-state index in [0.29, 0.717) is 18.0 Å². The smallest absolute Gasteiger partial charge is 0.415 e. The van der Waals surface area contributed by atoms with Crippen LogP contribution in [0.1, 0.15) is 38.1 Å². The summed E-state index contributed by atoms with van der Waals surface area (Å²) in [6, 6.07) is 10.7. The number of anilines is 1. The zero-order valence-electron chi connectivity index (χ0n) is 15.8. The van der Waals surface area contributed by atoms with E-state index in [1.165, 1.54) is 4.90 Å². The van der Waals surface area contributed by atoms with Crippen molar-refractivity contribution < 1.29 is 19.1 Å². The molecule has 2 rings (SSSR count). The maximum Gasteiger partial charge on any atom is 0.415 e.